The van der Waals surface area contributed by atoms with Crippen LogP contribution in [0.25, 0.3) is 0 Å². The quantitative estimate of drug-likeness (QED) is 0.722. The number of hydrogen-bond acceptors (Lipinski definition) is 1. The van der Waals surface area contributed by atoms with Crippen LogP contribution in [0.2, 0.25) is 0 Å². The molecule has 1 nitrogen and oxygen atoms in total. The smallest absolute Gasteiger partial charge is 0.133 e. The summed E-state index contributed by atoms with van der Waals surface area (Å²) in [7, 11) is 0. The van der Waals surface area contributed by atoms with Crippen molar-refractivity contribution in [2.45, 2.75) is 39.5 Å². The maximum atomic E-state index is 11.6. The van der Waals surface area contributed by atoms with Crippen LogP contribution in [0.1, 0.15) is 36.0 Å². The van der Waals surface area contributed by atoms with E-state index in [0.29, 0.717) is 18.6 Å². The molecule has 2 heteroatoms. The number of aryl methyl sites for hydroxylation is 3. The van der Waals surface area contributed by atoms with Gasteiger partial charge in [0.15, 0.2) is 0 Å². The van der Waals surface area contributed by atoms with Crippen molar-refractivity contribution < 1.29 is 4.79 Å². The molecule has 0 aromatic heterocycles. The lowest BCUT2D eigenvalue weighted by molar-refractivity contribution is -0.119. The van der Waals surface area contributed by atoms with E-state index in [2.05, 4.69) is 48.0 Å². The van der Waals surface area contributed by atoms with Crippen molar-refractivity contribution in [3.8, 4) is 0 Å². The van der Waals surface area contributed by atoms with E-state index >= 15 is 0 Å². The first-order valence-electron chi connectivity index (χ1n) is 5.77. The van der Waals surface area contributed by atoms with E-state index in [-0.39, 0.29) is 0 Å². The molecule has 0 heterocycles. The summed E-state index contributed by atoms with van der Waals surface area (Å²) in [6.45, 7) is 4.20. The molecule has 1 aromatic carbocycles. The van der Waals surface area contributed by atoms with Gasteiger partial charge in [0.05, 0.1) is 0 Å². The van der Waals surface area contributed by atoms with Crippen molar-refractivity contribution in [3.63, 3.8) is 0 Å². The second-order valence-corrected chi connectivity index (χ2v) is 5.05. The van der Waals surface area contributed by atoms with Crippen LogP contribution in [0.5, 0.6) is 0 Å². The monoisotopic (exact) mass is 282 g/mol. The lowest BCUT2D eigenvalue weighted by atomic mass is 9.99. The first-order chi connectivity index (χ1) is 7.63. The molecule has 0 aliphatic carbocycles. The number of alkyl halides is 1. The van der Waals surface area contributed by atoms with Crippen LogP contribution >= 0.6 is 15.9 Å². The number of ketones is 1. The second-order valence-electron chi connectivity index (χ2n) is 4.26. The molecule has 0 bridgehead atoms. The van der Waals surface area contributed by atoms with E-state index in [1.165, 1.54) is 16.7 Å². The third kappa shape index (κ3) is 4.48. The van der Waals surface area contributed by atoms with Crippen molar-refractivity contribution in [2.24, 2.45) is 0 Å². The van der Waals surface area contributed by atoms with Crippen molar-refractivity contribution in [2.75, 3.05) is 5.33 Å². The van der Waals surface area contributed by atoms with Gasteiger partial charge < -0.3 is 0 Å². The number of carbonyl (C=O) groups is 1. The van der Waals surface area contributed by atoms with Gasteiger partial charge in [-0.05, 0) is 37.8 Å². The summed E-state index contributed by atoms with van der Waals surface area (Å²) in [5.41, 5.74) is 3.87. The standard InChI is InChI=1S/C14H19BrO/c1-11-5-6-12(2)13(10-11)7-8-14(16)4-3-9-15/h5-6,10H,3-4,7-9H2,1-2H3. The van der Waals surface area contributed by atoms with Gasteiger partial charge in [-0.15, -0.1) is 0 Å². The Balaban J connectivity index is 2.47. The Bertz CT molecular complexity index is 358. The fourth-order valence-corrected chi connectivity index (χ4v) is 2.01. The predicted octanol–water partition coefficient (Wildman–Crippen LogP) is 3.98. The molecule has 0 aliphatic rings. The van der Waals surface area contributed by atoms with Crippen LogP contribution in [-0.2, 0) is 11.2 Å². The molecular formula is C14H19BrO. The number of hydrogen-bond donors (Lipinski definition) is 0. The fourth-order valence-electron chi connectivity index (χ4n) is 1.73. The highest BCUT2D eigenvalue weighted by atomic mass is 79.9. The van der Waals surface area contributed by atoms with Crippen molar-refractivity contribution in [1.82, 2.24) is 0 Å². The van der Waals surface area contributed by atoms with E-state index < -0.39 is 0 Å². The fraction of sp³-hybridized carbons (Fsp3) is 0.500. The third-order valence-corrected chi connectivity index (χ3v) is 3.33. The predicted molar refractivity (Wildman–Crippen MR) is 72.3 cm³/mol. The molecule has 0 unspecified atom stereocenters. The molecule has 16 heavy (non-hydrogen) atoms. The molecule has 0 radical (unpaired) electrons. The van der Waals surface area contributed by atoms with Crippen molar-refractivity contribution >= 4 is 21.7 Å². The van der Waals surface area contributed by atoms with Crippen LogP contribution < -0.4 is 0 Å². The van der Waals surface area contributed by atoms with Gasteiger partial charge in [-0.25, -0.2) is 0 Å². The third-order valence-electron chi connectivity index (χ3n) is 2.77. The number of carbonyl (C=O) groups excluding carboxylic acids is 1. The van der Waals surface area contributed by atoms with Crippen LogP contribution in [0, 0.1) is 13.8 Å². The molecule has 0 aliphatic heterocycles. The summed E-state index contributed by atoms with van der Waals surface area (Å²) in [5.74, 6) is 0.375. The molecule has 0 spiro atoms. The Labute approximate surface area is 106 Å². The molecule has 0 N–H and O–H groups in total. The van der Waals surface area contributed by atoms with Gasteiger partial charge in [0, 0.05) is 18.2 Å². The van der Waals surface area contributed by atoms with Crippen LogP contribution in [0.3, 0.4) is 0 Å². The van der Waals surface area contributed by atoms with E-state index in [4.69, 9.17) is 0 Å². The molecule has 88 valence electrons. The van der Waals surface area contributed by atoms with Gasteiger partial charge >= 0.3 is 0 Å². The van der Waals surface area contributed by atoms with E-state index in [1.54, 1.807) is 0 Å². The summed E-state index contributed by atoms with van der Waals surface area (Å²) in [6.07, 6.45) is 3.22. The molecule has 1 aromatic rings. The van der Waals surface area contributed by atoms with Crippen molar-refractivity contribution in [3.05, 3.63) is 34.9 Å². The summed E-state index contributed by atoms with van der Waals surface area (Å²) < 4.78 is 0. The Hall–Kier alpha value is -0.630. The summed E-state index contributed by atoms with van der Waals surface area (Å²) in [6, 6.07) is 6.44. The lowest BCUT2D eigenvalue weighted by Gasteiger charge is -2.06. The van der Waals surface area contributed by atoms with Gasteiger partial charge in [0.1, 0.15) is 5.78 Å². The second kappa shape index (κ2) is 6.85. The largest absolute Gasteiger partial charge is 0.300 e. The number of rotatable bonds is 6. The zero-order valence-corrected chi connectivity index (χ0v) is 11.6. The molecule has 1 rings (SSSR count). The highest BCUT2D eigenvalue weighted by Gasteiger charge is 2.04. The molecule has 0 amide bonds. The zero-order chi connectivity index (χ0) is 12.0. The molecule has 0 atom stereocenters. The van der Waals surface area contributed by atoms with Crippen LogP contribution in [-0.4, -0.2) is 11.1 Å². The summed E-state index contributed by atoms with van der Waals surface area (Å²) >= 11 is 3.34. The van der Waals surface area contributed by atoms with Crippen molar-refractivity contribution in [1.29, 1.82) is 0 Å². The normalized spacial score (nSPS) is 10.4. The highest BCUT2D eigenvalue weighted by molar-refractivity contribution is 9.09. The minimum atomic E-state index is 0.375. The first kappa shape index (κ1) is 13.4. The van der Waals surface area contributed by atoms with E-state index in [1.807, 2.05) is 0 Å². The van der Waals surface area contributed by atoms with E-state index in [0.717, 1.165) is 18.2 Å². The molecular weight excluding hydrogens is 264 g/mol. The Morgan fingerprint density at radius 1 is 1.25 bits per heavy atom. The van der Waals surface area contributed by atoms with Gasteiger partial charge in [-0.3, -0.25) is 4.79 Å². The van der Waals surface area contributed by atoms with Gasteiger partial charge in [-0.2, -0.15) is 0 Å². The van der Waals surface area contributed by atoms with Crippen LogP contribution in [0.15, 0.2) is 18.2 Å². The Kier molecular flexibility index (Phi) is 5.75. The molecule has 0 saturated carbocycles. The minimum Gasteiger partial charge on any atom is -0.300 e. The maximum Gasteiger partial charge on any atom is 0.133 e. The number of halogens is 1. The van der Waals surface area contributed by atoms with Crippen LogP contribution in [0.4, 0.5) is 0 Å². The topological polar surface area (TPSA) is 17.1 Å². The Morgan fingerprint density at radius 2 is 2.00 bits per heavy atom. The minimum absolute atomic E-state index is 0.375. The first-order valence-corrected chi connectivity index (χ1v) is 6.89. The highest BCUT2D eigenvalue weighted by Crippen LogP contribution is 2.13. The SMILES string of the molecule is Cc1ccc(C)c(CCC(=O)CCCBr)c1. The average Bonchev–Trinajstić information content (AvgIpc) is 2.27. The lowest BCUT2D eigenvalue weighted by Crippen LogP contribution is -2.01. The van der Waals surface area contributed by atoms with E-state index in [9.17, 15) is 4.79 Å². The molecule has 0 fully saturated rings. The summed E-state index contributed by atoms with van der Waals surface area (Å²) in [4.78, 5) is 11.6. The maximum absolute atomic E-state index is 11.6. The van der Waals surface area contributed by atoms with Gasteiger partial charge in [0.2, 0.25) is 0 Å². The number of Topliss-reactive ketones (excluding diaryl/α,β-unsaturated/α-hetero) is 1. The Morgan fingerprint density at radius 3 is 2.69 bits per heavy atom. The zero-order valence-electron chi connectivity index (χ0n) is 10.1. The molecule has 0 saturated heterocycles. The van der Waals surface area contributed by atoms with Gasteiger partial charge in [0.25, 0.3) is 0 Å². The number of benzene rings is 1. The van der Waals surface area contributed by atoms with Gasteiger partial charge in [-0.1, -0.05) is 39.7 Å². The summed E-state index contributed by atoms with van der Waals surface area (Å²) in [5, 5.41) is 0.919. The average molecular weight is 283 g/mol.